The SMILES string of the molecule is CC(C)c1ccc(C(=O)C[C@H](CO)NC(=O)OC(C)(C)C)cc1. The summed E-state index contributed by atoms with van der Waals surface area (Å²) in [4.78, 5) is 24.0. The van der Waals surface area contributed by atoms with Crippen molar-refractivity contribution in [2.75, 3.05) is 6.61 Å². The molecule has 0 saturated heterocycles. The minimum absolute atomic E-state index is 0.0246. The molecule has 1 aromatic carbocycles. The summed E-state index contributed by atoms with van der Waals surface area (Å²) >= 11 is 0. The van der Waals surface area contributed by atoms with Gasteiger partial charge in [0.1, 0.15) is 5.60 Å². The molecule has 0 aliphatic heterocycles. The van der Waals surface area contributed by atoms with Crippen molar-refractivity contribution in [3.05, 3.63) is 35.4 Å². The number of alkyl carbamates (subject to hydrolysis) is 1. The molecule has 23 heavy (non-hydrogen) atoms. The fraction of sp³-hybridized carbons (Fsp3) is 0.556. The summed E-state index contributed by atoms with van der Waals surface area (Å²) in [5.41, 5.74) is 1.10. The lowest BCUT2D eigenvalue weighted by molar-refractivity contribution is 0.0479. The van der Waals surface area contributed by atoms with Crippen molar-refractivity contribution in [2.45, 2.75) is 58.6 Å². The van der Waals surface area contributed by atoms with Crippen LogP contribution in [-0.2, 0) is 4.74 Å². The summed E-state index contributed by atoms with van der Waals surface area (Å²) in [6.45, 7) is 9.10. The molecule has 0 radical (unpaired) electrons. The molecule has 2 N–H and O–H groups in total. The Hall–Kier alpha value is -1.88. The first-order chi connectivity index (χ1) is 10.6. The van der Waals surface area contributed by atoms with E-state index in [0.717, 1.165) is 5.56 Å². The lowest BCUT2D eigenvalue weighted by Gasteiger charge is -2.22. The summed E-state index contributed by atoms with van der Waals surface area (Å²) in [6, 6.07) is 6.74. The number of carbonyl (C=O) groups is 2. The zero-order chi connectivity index (χ0) is 17.6. The summed E-state index contributed by atoms with van der Waals surface area (Å²) in [5.74, 6) is 0.272. The van der Waals surface area contributed by atoms with Gasteiger partial charge in [0.25, 0.3) is 0 Å². The van der Waals surface area contributed by atoms with Crippen molar-refractivity contribution >= 4 is 11.9 Å². The highest BCUT2D eigenvalue weighted by Crippen LogP contribution is 2.16. The van der Waals surface area contributed by atoms with Crippen molar-refractivity contribution in [3.63, 3.8) is 0 Å². The Morgan fingerprint density at radius 1 is 1.17 bits per heavy atom. The quantitative estimate of drug-likeness (QED) is 0.789. The van der Waals surface area contributed by atoms with Gasteiger partial charge in [-0.1, -0.05) is 38.1 Å². The number of aliphatic hydroxyl groups excluding tert-OH is 1. The first-order valence-corrected chi connectivity index (χ1v) is 7.86. The third-order valence-electron chi connectivity index (χ3n) is 3.27. The maximum Gasteiger partial charge on any atom is 0.407 e. The zero-order valence-corrected chi connectivity index (χ0v) is 14.6. The average Bonchev–Trinajstić information content (AvgIpc) is 2.44. The minimum Gasteiger partial charge on any atom is -0.444 e. The van der Waals surface area contributed by atoms with Crippen LogP contribution in [-0.4, -0.2) is 35.2 Å². The molecule has 0 aliphatic rings. The van der Waals surface area contributed by atoms with Crippen molar-refractivity contribution in [3.8, 4) is 0 Å². The van der Waals surface area contributed by atoms with Crippen LogP contribution >= 0.6 is 0 Å². The van der Waals surface area contributed by atoms with Gasteiger partial charge in [-0.25, -0.2) is 4.79 Å². The third kappa shape index (κ3) is 6.82. The van der Waals surface area contributed by atoms with E-state index in [1.165, 1.54) is 0 Å². The Labute approximate surface area is 138 Å². The number of ether oxygens (including phenoxy) is 1. The molecule has 128 valence electrons. The monoisotopic (exact) mass is 321 g/mol. The zero-order valence-electron chi connectivity index (χ0n) is 14.6. The second-order valence-electron chi connectivity index (χ2n) is 6.93. The van der Waals surface area contributed by atoms with Gasteiger partial charge < -0.3 is 15.2 Å². The first-order valence-electron chi connectivity index (χ1n) is 7.86. The van der Waals surface area contributed by atoms with Crippen LogP contribution in [0.25, 0.3) is 0 Å². The third-order valence-corrected chi connectivity index (χ3v) is 3.27. The number of rotatable bonds is 6. The molecule has 5 nitrogen and oxygen atoms in total. The number of hydrogen-bond acceptors (Lipinski definition) is 4. The molecular formula is C18H27NO4. The van der Waals surface area contributed by atoms with Gasteiger partial charge in [-0.15, -0.1) is 0 Å². The molecular weight excluding hydrogens is 294 g/mol. The number of amides is 1. The van der Waals surface area contributed by atoms with Gasteiger partial charge in [-0.3, -0.25) is 4.79 Å². The van der Waals surface area contributed by atoms with E-state index in [0.29, 0.717) is 11.5 Å². The highest BCUT2D eigenvalue weighted by molar-refractivity contribution is 5.96. The summed E-state index contributed by atoms with van der Waals surface area (Å²) in [5, 5.41) is 11.9. The average molecular weight is 321 g/mol. The van der Waals surface area contributed by atoms with E-state index in [4.69, 9.17) is 4.74 Å². The summed E-state index contributed by atoms with van der Waals surface area (Å²) < 4.78 is 5.13. The van der Waals surface area contributed by atoms with Crippen molar-refractivity contribution in [1.82, 2.24) is 5.32 Å². The minimum atomic E-state index is -0.665. The molecule has 0 saturated carbocycles. The Kier molecular flexibility index (Phi) is 6.76. The van der Waals surface area contributed by atoms with Gasteiger partial charge >= 0.3 is 6.09 Å². The van der Waals surface area contributed by atoms with Gasteiger partial charge in [-0.05, 0) is 32.3 Å². The van der Waals surface area contributed by atoms with Gasteiger partial charge in [0.05, 0.1) is 12.6 Å². The van der Waals surface area contributed by atoms with Gasteiger partial charge in [0.2, 0.25) is 0 Å². The second kappa shape index (κ2) is 8.11. The number of aliphatic hydroxyl groups is 1. The van der Waals surface area contributed by atoms with Crippen molar-refractivity contribution in [1.29, 1.82) is 0 Å². The highest BCUT2D eigenvalue weighted by Gasteiger charge is 2.21. The number of Topliss-reactive ketones (excluding diaryl/α,β-unsaturated/α-hetero) is 1. The topological polar surface area (TPSA) is 75.6 Å². The Morgan fingerprint density at radius 2 is 1.74 bits per heavy atom. The lowest BCUT2D eigenvalue weighted by Crippen LogP contribution is -2.42. The van der Waals surface area contributed by atoms with Crippen LogP contribution in [0.4, 0.5) is 4.79 Å². The van der Waals surface area contributed by atoms with Crippen LogP contribution in [0.3, 0.4) is 0 Å². The fourth-order valence-electron chi connectivity index (χ4n) is 2.03. The number of hydrogen-bond donors (Lipinski definition) is 2. The molecule has 0 fully saturated rings. The van der Waals surface area contributed by atoms with Gasteiger partial charge in [-0.2, -0.15) is 0 Å². The van der Waals surface area contributed by atoms with Crippen LogP contribution in [0.1, 0.15) is 62.9 Å². The summed E-state index contributed by atoms with van der Waals surface area (Å²) in [7, 11) is 0. The lowest BCUT2D eigenvalue weighted by atomic mass is 9.98. The van der Waals surface area contributed by atoms with Crippen LogP contribution < -0.4 is 5.32 Å². The van der Waals surface area contributed by atoms with Crippen molar-refractivity contribution in [2.24, 2.45) is 0 Å². The van der Waals surface area contributed by atoms with Crippen LogP contribution in [0.2, 0.25) is 0 Å². The van der Waals surface area contributed by atoms with E-state index in [2.05, 4.69) is 19.2 Å². The largest absolute Gasteiger partial charge is 0.444 e. The molecule has 1 rings (SSSR count). The van der Waals surface area contributed by atoms with E-state index in [1.807, 2.05) is 12.1 Å². The van der Waals surface area contributed by atoms with Gasteiger partial charge in [0.15, 0.2) is 5.78 Å². The fourth-order valence-corrected chi connectivity index (χ4v) is 2.03. The van der Waals surface area contributed by atoms with Crippen LogP contribution in [0.5, 0.6) is 0 Å². The van der Waals surface area contributed by atoms with E-state index in [-0.39, 0.29) is 18.8 Å². The second-order valence-corrected chi connectivity index (χ2v) is 6.93. The first kappa shape index (κ1) is 19.2. The number of benzene rings is 1. The highest BCUT2D eigenvalue weighted by atomic mass is 16.6. The predicted octanol–water partition coefficient (Wildman–Crippen LogP) is 3.27. The van der Waals surface area contributed by atoms with Crippen LogP contribution in [0, 0.1) is 0 Å². The van der Waals surface area contributed by atoms with E-state index in [1.54, 1.807) is 32.9 Å². The maximum absolute atomic E-state index is 12.3. The van der Waals surface area contributed by atoms with E-state index < -0.39 is 17.7 Å². The molecule has 0 aliphatic carbocycles. The molecule has 0 unspecified atom stereocenters. The van der Waals surface area contributed by atoms with E-state index in [9.17, 15) is 14.7 Å². The number of carbonyl (C=O) groups excluding carboxylic acids is 2. The normalized spacial score (nSPS) is 12.8. The molecule has 5 heteroatoms. The molecule has 0 bridgehead atoms. The molecule has 0 aromatic heterocycles. The van der Waals surface area contributed by atoms with E-state index >= 15 is 0 Å². The van der Waals surface area contributed by atoms with Crippen LogP contribution in [0.15, 0.2) is 24.3 Å². The summed E-state index contributed by atoms with van der Waals surface area (Å²) in [6.07, 6.45) is -0.615. The molecule has 1 aromatic rings. The molecule has 1 atom stereocenters. The predicted molar refractivity (Wildman–Crippen MR) is 89.7 cm³/mol. The number of ketones is 1. The smallest absolute Gasteiger partial charge is 0.407 e. The Balaban J connectivity index is 2.64. The standard InChI is InChI=1S/C18H27NO4/c1-12(2)13-6-8-14(9-7-13)16(21)10-15(11-20)19-17(22)23-18(3,4)5/h6-9,12,15,20H,10-11H2,1-5H3,(H,19,22)/t15-/m1/s1. The Bertz CT molecular complexity index is 529. The maximum atomic E-state index is 12.3. The number of nitrogens with one attached hydrogen (secondary N) is 1. The molecule has 1 amide bonds. The Morgan fingerprint density at radius 3 is 2.17 bits per heavy atom. The van der Waals surface area contributed by atoms with Gasteiger partial charge in [0, 0.05) is 12.0 Å². The molecule has 0 heterocycles. The molecule has 0 spiro atoms. The van der Waals surface area contributed by atoms with Crippen molar-refractivity contribution < 1.29 is 19.4 Å².